The number of aliphatic hydroxyl groups excluding tert-OH is 1. The third-order valence-corrected chi connectivity index (χ3v) is 3.73. The van der Waals surface area contributed by atoms with Gasteiger partial charge < -0.3 is 14.6 Å². The molecule has 1 atom stereocenters. The number of methoxy groups -OCH3 is 1. The van der Waals surface area contributed by atoms with Crippen LogP contribution in [0.4, 0.5) is 0 Å². The van der Waals surface area contributed by atoms with Gasteiger partial charge in [0.15, 0.2) is 5.76 Å². The van der Waals surface area contributed by atoms with Crippen LogP contribution in [-0.2, 0) is 9.47 Å². The van der Waals surface area contributed by atoms with Gasteiger partial charge in [0, 0.05) is 5.57 Å². The molecule has 1 aliphatic heterocycles. The summed E-state index contributed by atoms with van der Waals surface area (Å²) in [4.78, 5) is 0. The Morgan fingerprint density at radius 3 is 2.56 bits per heavy atom. The zero-order valence-corrected chi connectivity index (χ0v) is 11.8. The molecule has 0 saturated carbocycles. The average Bonchev–Trinajstić information content (AvgIpc) is 2.57. The third-order valence-electron chi connectivity index (χ3n) is 3.73. The summed E-state index contributed by atoms with van der Waals surface area (Å²) in [5.41, 5.74) is 3.17. The van der Waals surface area contributed by atoms with Gasteiger partial charge in [-0.3, -0.25) is 0 Å². The van der Waals surface area contributed by atoms with E-state index in [0.717, 1.165) is 23.1 Å². The van der Waals surface area contributed by atoms with Crippen LogP contribution in [0.15, 0.2) is 35.0 Å². The van der Waals surface area contributed by atoms with Gasteiger partial charge in [-0.15, -0.1) is 0 Å². The van der Waals surface area contributed by atoms with Crippen molar-refractivity contribution >= 4 is 0 Å². The van der Waals surface area contributed by atoms with E-state index in [-0.39, 0.29) is 11.3 Å². The molecule has 1 aliphatic carbocycles. The average molecular weight is 250 g/mol. The van der Waals surface area contributed by atoms with Crippen molar-refractivity contribution < 1.29 is 14.6 Å². The Kier molecular flexibility index (Phi) is 3.28. The molecular formula is C15H22O3. The van der Waals surface area contributed by atoms with E-state index in [0.29, 0.717) is 5.76 Å². The van der Waals surface area contributed by atoms with Gasteiger partial charge in [0.2, 0.25) is 0 Å². The van der Waals surface area contributed by atoms with Crippen LogP contribution in [0.25, 0.3) is 0 Å². The summed E-state index contributed by atoms with van der Waals surface area (Å²) in [6.07, 6.45) is 3.80. The highest BCUT2D eigenvalue weighted by molar-refractivity contribution is 5.56. The van der Waals surface area contributed by atoms with Gasteiger partial charge in [-0.1, -0.05) is 27.7 Å². The smallest absolute Gasteiger partial charge is 0.161 e. The number of hydrogen-bond acceptors (Lipinski definition) is 3. The van der Waals surface area contributed by atoms with Crippen LogP contribution in [0.2, 0.25) is 0 Å². The molecular weight excluding hydrogens is 228 g/mol. The van der Waals surface area contributed by atoms with E-state index in [1.54, 1.807) is 19.6 Å². The molecule has 2 rings (SSSR count). The van der Waals surface area contributed by atoms with Crippen molar-refractivity contribution in [1.29, 1.82) is 0 Å². The summed E-state index contributed by atoms with van der Waals surface area (Å²) >= 11 is 0. The summed E-state index contributed by atoms with van der Waals surface area (Å²) in [6, 6.07) is 0. The lowest BCUT2D eigenvalue weighted by atomic mass is 9.79. The number of allylic oxidation sites excluding steroid dienone is 1. The van der Waals surface area contributed by atoms with Crippen LogP contribution in [0.1, 0.15) is 34.1 Å². The topological polar surface area (TPSA) is 38.7 Å². The summed E-state index contributed by atoms with van der Waals surface area (Å²) in [7, 11) is 1.63. The molecule has 0 radical (unpaired) electrons. The maximum absolute atomic E-state index is 10.5. The minimum absolute atomic E-state index is 0.0594. The highest BCUT2D eigenvalue weighted by atomic mass is 16.5. The zero-order chi connectivity index (χ0) is 13.5. The molecule has 3 heteroatoms. The fourth-order valence-electron chi connectivity index (χ4n) is 2.83. The Hall–Kier alpha value is -1.22. The SMILES string of the molecule is COC1=COC=C2CC(C)(C)C(C(O)C(C)C)=C21. The molecule has 1 N–H and O–H groups in total. The minimum atomic E-state index is -0.447. The standard InChI is InChI=1S/C15H22O3/c1-9(2)14(16)13-12-10(6-15(13,3)4)7-18-8-11(12)17-5/h7-9,14,16H,6H2,1-5H3. The fourth-order valence-corrected chi connectivity index (χ4v) is 2.83. The van der Waals surface area contributed by atoms with Crippen molar-refractivity contribution in [1.82, 2.24) is 0 Å². The number of ether oxygens (including phenoxy) is 2. The molecule has 0 aromatic carbocycles. The number of fused-ring (bicyclic) bond motifs is 1. The molecule has 0 aromatic rings. The third kappa shape index (κ3) is 1.97. The van der Waals surface area contributed by atoms with Crippen LogP contribution < -0.4 is 0 Å². The van der Waals surface area contributed by atoms with Crippen molar-refractivity contribution in [2.45, 2.75) is 40.2 Å². The molecule has 100 valence electrons. The lowest BCUT2D eigenvalue weighted by Crippen LogP contribution is -2.27. The first-order valence-corrected chi connectivity index (χ1v) is 6.40. The largest absolute Gasteiger partial charge is 0.493 e. The van der Waals surface area contributed by atoms with Crippen molar-refractivity contribution in [3.8, 4) is 0 Å². The normalized spacial score (nSPS) is 23.3. The highest BCUT2D eigenvalue weighted by Crippen LogP contribution is 2.51. The van der Waals surface area contributed by atoms with Crippen LogP contribution >= 0.6 is 0 Å². The predicted molar refractivity (Wildman–Crippen MR) is 70.5 cm³/mol. The van der Waals surface area contributed by atoms with E-state index < -0.39 is 6.10 Å². The summed E-state index contributed by atoms with van der Waals surface area (Å²) in [5, 5.41) is 10.5. The summed E-state index contributed by atoms with van der Waals surface area (Å²) < 4.78 is 10.7. The van der Waals surface area contributed by atoms with E-state index in [1.165, 1.54) is 0 Å². The van der Waals surface area contributed by atoms with E-state index in [1.807, 2.05) is 13.8 Å². The van der Waals surface area contributed by atoms with Crippen LogP contribution in [0, 0.1) is 11.3 Å². The van der Waals surface area contributed by atoms with Gasteiger partial charge in [-0.2, -0.15) is 0 Å². The maximum atomic E-state index is 10.5. The first-order chi connectivity index (χ1) is 8.38. The molecule has 0 saturated heterocycles. The first-order valence-electron chi connectivity index (χ1n) is 6.40. The van der Waals surface area contributed by atoms with Crippen molar-refractivity contribution in [3.05, 3.63) is 35.0 Å². The van der Waals surface area contributed by atoms with Gasteiger partial charge in [0.25, 0.3) is 0 Å². The van der Waals surface area contributed by atoms with Gasteiger partial charge in [-0.25, -0.2) is 0 Å². The first kappa shape index (κ1) is 13.2. The van der Waals surface area contributed by atoms with E-state index in [2.05, 4.69) is 13.8 Å². The Bertz CT molecular complexity index is 439. The van der Waals surface area contributed by atoms with Crippen molar-refractivity contribution in [2.24, 2.45) is 11.3 Å². The quantitative estimate of drug-likeness (QED) is 0.836. The van der Waals surface area contributed by atoms with Gasteiger partial charge in [0.05, 0.1) is 19.5 Å². The molecule has 0 aromatic heterocycles. The van der Waals surface area contributed by atoms with Crippen molar-refractivity contribution in [3.63, 3.8) is 0 Å². The molecule has 0 amide bonds. The molecule has 0 bridgehead atoms. The number of hydrogen-bond donors (Lipinski definition) is 1. The number of rotatable bonds is 3. The Morgan fingerprint density at radius 1 is 1.33 bits per heavy atom. The fraction of sp³-hybridized carbons (Fsp3) is 0.600. The van der Waals surface area contributed by atoms with Crippen LogP contribution in [0.5, 0.6) is 0 Å². The molecule has 0 spiro atoms. The van der Waals surface area contributed by atoms with Gasteiger partial charge in [-0.05, 0) is 28.9 Å². The molecule has 1 unspecified atom stereocenters. The summed E-state index contributed by atoms with van der Waals surface area (Å²) in [5.74, 6) is 0.903. The van der Waals surface area contributed by atoms with E-state index >= 15 is 0 Å². The van der Waals surface area contributed by atoms with Gasteiger partial charge in [0.1, 0.15) is 6.26 Å². The second-order valence-electron chi connectivity index (χ2n) is 6.00. The Balaban J connectivity index is 2.56. The highest BCUT2D eigenvalue weighted by Gasteiger charge is 2.42. The predicted octanol–water partition coefficient (Wildman–Crippen LogP) is 3.13. The Morgan fingerprint density at radius 2 is 2.00 bits per heavy atom. The van der Waals surface area contributed by atoms with Crippen LogP contribution in [0.3, 0.4) is 0 Å². The lowest BCUT2D eigenvalue weighted by Gasteiger charge is -2.29. The molecule has 3 nitrogen and oxygen atoms in total. The second-order valence-corrected chi connectivity index (χ2v) is 6.00. The molecule has 2 aliphatic rings. The van der Waals surface area contributed by atoms with E-state index in [4.69, 9.17) is 9.47 Å². The number of aliphatic hydroxyl groups is 1. The Labute approximate surface area is 109 Å². The second kappa shape index (κ2) is 4.47. The van der Waals surface area contributed by atoms with E-state index in [9.17, 15) is 5.11 Å². The van der Waals surface area contributed by atoms with Crippen LogP contribution in [-0.4, -0.2) is 18.3 Å². The van der Waals surface area contributed by atoms with Crippen molar-refractivity contribution in [2.75, 3.05) is 7.11 Å². The molecule has 18 heavy (non-hydrogen) atoms. The molecule has 1 heterocycles. The van der Waals surface area contributed by atoms with Gasteiger partial charge >= 0.3 is 0 Å². The minimum Gasteiger partial charge on any atom is -0.493 e. The maximum Gasteiger partial charge on any atom is 0.161 e. The zero-order valence-electron chi connectivity index (χ0n) is 11.8. The molecule has 0 fully saturated rings. The monoisotopic (exact) mass is 250 g/mol. The lowest BCUT2D eigenvalue weighted by molar-refractivity contribution is 0.137. The summed E-state index contributed by atoms with van der Waals surface area (Å²) in [6.45, 7) is 8.39.